The SMILES string of the molecule is O=C(COC(=O)c1ccc(OC[C@@H]2CCCO2)cc1)NCc1ccccc1. The Kier molecular flexibility index (Phi) is 6.82. The molecule has 1 aliphatic rings. The van der Waals surface area contributed by atoms with Crippen LogP contribution >= 0.6 is 0 Å². The predicted octanol–water partition coefficient (Wildman–Crippen LogP) is 2.72. The highest BCUT2D eigenvalue weighted by atomic mass is 16.5. The molecule has 0 spiro atoms. The van der Waals surface area contributed by atoms with Crippen LogP contribution in [0.15, 0.2) is 54.6 Å². The lowest BCUT2D eigenvalue weighted by Crippen LogP contribution is -2.28. The van der Waals surface area contributed by atoms with Crippen molar-refractivity contribution < 1.29 is 23.8 Å². The molecule has 27 heavy (non-hydrogen) atoms. The van der Waals surface area contributed by atoms with Gasteiger partial charge in [-0.05, 0) is 42.7 Å². The first-order chi connectivity index (χ1) is 13.2. The van der Waals surface area contributed by atoms with E-state index in [1.54, 1.807) is 24.3 Å². The van der Waals surface area contributed by atoms with Gasteiger partial charge in [-0.2, -0.15) is 0 Å². The van der Waals surface area contributed by atoms with Crippen LogP contribution in [0.3, 0.4) is 0 Å². The molecule has 0 unspecified atom stereocenters. The summed E-state index contributed by atoms with van der Waals surface area (Å²) in [5, 5.41) is 2.71. The maximum absolute atomic E-state index is 12.0. The van der Waals surface area contributed by atoms with E-state index in [-0.39, 0.29) is 18.6 Å². The lowest BCUT2D eigenvalue weighted by molar-refractivity contribution is -0.124. The van der Waals surface area contributed by atoms with Crippen LogP contribution in [0.4, 0.5) is 0 Å². The van der Waals surface area contributed by atoms with Gasteiger partial charge in [0.15, 0.2) is 6.61 Å². The monoisotopic (exact) mass is 369 g/mol. The van der Waals surface area contributed by atoms with Crippen LogP contribution in [-0.2, 0) is 20.8 Å². The van der Waals surface area contributed by atoms with Crippen LogP contribution in [0.1, 0.15) is 28.8 Å². The lowest BCUT2D eigenvalue weighted by Gasteiger charge is -2.11. The third kappa shape index (κ3) is 6.11. The summed E-state index contributed by atoms with van der Waals surface area (Å²) in [6.07, 6.45) is 2.22. The fraction of sp³-hybridized carbons (Fsp3) is 0.333. The van der Waals surface area contributed by atoms with Gasteiger partial charge in [0.1, 0.15) is 12.4 Å². The number of ether oxygens (including phenoxy) is 3. The molecule has 1 aliphatic heterocycles. The van der Waals surface area contributed by atoms with Crippen LogP contribution in [0, 0.1) is 0 Å². The lowest BCUT2D eigenvalue weighted by atomic mass is 10.2. The fourth-order valence-electron chi connectivity index (χ4n) is 2.71. The first kappa shape index (κ1) is 18.9. The van der Waals surface area contributed by atoms with Crippen molar-refractivity contribution in [2.75, 3.05) is 19.8 Å². The molecule has 3 rings (SSSR count). The number of hydrogen-bond donors (Lipinski definition) is 1. The molecule has 1 saturated heterocycles. The molecule has 1 atom stereocenters. The van der Waals surface area contributed by atoms with Crippen LogP contribution < -0.4 is 10.1 Å². The Morgan fingerprint density at radius 2 is 1.85 bits per heavy atom. The van der Waals surface area contributed by atoms with Crippen molar-refractivity contribution >= 4 is 11.9 Å². The molecule has 0 aromatic heterocycles. The maximum Gasteiger partial charge on any atom is 0.338 e. The second-order valence-corrected chi connectivity index (χ2v) is 6.31. The van der Waals surface area contributed by atoms with Gasteiger partial charge in [-0.15, -0.1) is 0 Å². The summed E-state index contributed by atoms with van der Waals surface area (Å²) in [6.45, 7) is 1.38. The second kappa shape index (κ2) is 9.73. The minimum Gasteiger partial charge on any atom is -0.491 e. The number of rotatable bonds is 8. The molecule has 6 nitrogen and oxygen atoms in total. The Balaban J connectivity index is 1.38. The van der Waals surface area contributed by atoms with Gasteiger partial charge in [-0.3, -0.25) is 4.79 Å². The summed E-state index contributed by atoms with van der Waals surface area (Å²) in [6, 6.07) is 16.2. The number of esters is 1. The topological polar surface area (TPSA) is 73.9 Å². The largest absolute Gasteiger partial charge is 0.491 e. The zero-order valence-electron chi connectivity index (χ0n) is 15.1. The highest BCUT2D eigenvalue weighted by Crippen LogP contribution is 2.17. The van der Waals surface area contributed by atoms with Crippen molar-refractivity contribution in [2.45, 2.75) is 25.5 Å². The maximum atomic E-state index is 12.0. The zero-order chi connectivity index (χ0) is 18.9. The third-order valence-corrected chi connectivity index (χ3v) is 4.22. The van der Waals surface area contributed by atoms with Gasteiger partial charge in [-0.25, -0.2) is 4.79 Å². The molecule has 0 bridgehead atoms. The van der Waals surface area contributed by atoms with E-state index < -0.39 is 5.97 Å². The Morgan fingerprint density at radius 1 is 1.07 bits per heavy atom. The van der Waals surface area contributed by atoms with E-state index in [4.69, 9.17) is 14.2 Å². The normalized spacial score (nSPS) is 15.9. The van der Waals surface area contributed by atoms with E-state index in [2.05, 4.69) is 5.32 Å². The summed E-state index contributed by atoms with van der Waals surface area (Å²) >= 11 is 0. The van der Waals surface area contributed by atoms with Crippen LogP contribution in [0.25, 0.3) is 0 Å². The molecule has 0 saturated carbocycles. The van der Waals surface area contributed by atoms with Gasteiger partial charge in [-0.1, -0.05) is 30.3 Å². The molecule has 0 radical (unpaired) electrons. The number of benzene rings is 2. The average molecular weight is 369 g/mol. The summed E-state index contributed by atoms with van der Waals surface area (Å²) in [5.74, 6) is -0.220. The number of carbonyl (C=O) groups excluding carboxylic acids is 2. The fourth-order valence-corrected chi connectivity index (χ4v) is 2.71. The quantitative estimate of drug-likeness (QED) is 0.724. The van der Waals surface area contributed by atoms with Gasteiger partial charge >= 0.3 is 5.97 Å². The number of hydrogen-bond acceptors (Lipinski definition) is 5. The van der Waals surface area contributed by atoms with E-state index in [1.807, 2.05) is 30.3 Å². The first-order valence-corrected chi connectivity index (χ1v) is 9.03. The van der Waals surface area contributed by atoms with E-state index in [9.17, 15) is 9.59 Å². The van der Waals surface area contributed by atoms with Crippen LogP contribution in [0.2, 0.25) is 0 Å². The van der Waals surface area contributed by atoms with E-state index in [0.717, 1.165) is 25.0 Å². The standard InChI is InChI=1S/C21H23NO5/c23-20(22-13-16-5-2-1-3-6-16)15-27-21(24)17-8-10-18(11-9-17)26-14-19-7-4-12-25-19/h1-3,5-6,8-11,19H,4,7,12-15H2,(H,22,23)/t19-/m0/s1. The third-order valence-electron chi connectivity index (χ3n) is 4.22. The van der Waals surface area contributed by atoms with E-state index >= 15 is 0 Å². The van der Waals surface area contributed by atoms with Crippen molar-refractivity contribution in [1.82, 2.24) is 5.32 Å². The molecular weight excluding hydrogens is 346 g/mol. The predicted molar refractivity (Wildman–Crippen MR) is 99.5 cm³/mol. The molecule has 2 aromatic carbocycles. The summed E-state index contributed by atoms with van der Waals surface area (Å²) in [4.78, 5) is 23.8. The smallest absolute Gasteiger partial charge is 0.338 e. The molecule has 142 valence electrons. The van der Waals surface area contributed by atoms with Gasteiger partial charge in [0.05, 0.1) is 11.7 Å². The van der Waals surface area contributed by atoms with Gasteiger partial charge in [0.2, 0.25) is 0 Å². The molecule has 1 amide bonds. The summed E-state index contributed by atoms with van der Waals surface area (Å²) < 4.78 is 16.2. The van der Waals surface area contributed by atoms with Crippen LogP contribution in [0.5, 0.6) is 5.75 Å². The molecule has 1 fully saturated rings. The Bertz CT molecular complexity index is 739. The molecule has 6 heteroatoms. The number of amides is 1. The first-order valence-electron chi connectivity index (χ1n) is 9.03. The minimum absolute atomic E-state index is 0.143. The average Bonchev–Trinajstić information content (AvgIpc) is 3.24. The molecule has 1 heterocycles. The molecule has 2 aromatic rings. The highest BCUT2D eigenvalue weighted by molar-refractivity contribution is 5.91. The highest BCUT2D eigenvalue weighted by Gasteiger charge is 2.16. The van der Waals surface area contributed by atoms with Gasteiger partial charge < -0.3 is 19.5 Å². The van der Waals surface area contributed by atoms with E-state index in [0.29, 0.717) is 24.5 Å². The summed E-state index contributed by atoms with van der Waals surface area (Å²) in [7, 11) is 0. The molecule has 0 aliphatic carbocycles. The Hall–Kier alpha value is -2.86. The van der Waals surface area contributed by atoms with Gasteiger partial charge in [0, 0.05) is 13.2 Å². The van der Waals surface area contributed by atoms with Gasteiger partial charge in [0.25, 0.3) is 5.91 Å². The van der Waals surface area contributed by atoms with Crippen molar-refractivity contribution in [3.8, 4) is 5.75 Å². The zero-order valence-corrected chi connectivity index (χ0v) is 15.1. The second-order valence-electron chi connectivity index (χ2n) is 6.31. The van der Waals surface area contributed by atoms with E-state index in [1.165, 1.54) is 0 Å². The number of carbonyl (C=O) groups is 2. The Labute approximate surface area is 158 Å². The van der Waals surface area contributed by atoms with Crippen molar-refractivity contribution in [1.29, 1.82) is 0 Å². The summed E-state index contributed by atoms with van der Waals surface area (Å²) in [5.41, 5.74) is 1.35. The number of nitrogens with one attached hydrogen (secondary N) is 1. The van der Waals surface area contributed by atoms with Crippen molar-refractivity contribution in [3.05, 3.63) is 65.7 Å². The van der Waals surface area contributed by atoms with Crippen molar-refractivity contribution in [2.24, 2.45) is 0 Å². The molecule has 1 N–H and O–H groups in total. The molecular formula is C21H23NO5. The van der Waals surface area contributed by atoms with Crippen molar-refractivity contribution in [3.63, 3.8) is 0 Å². The Morgan fingerprint density at radius 3 is 2.56 bits per heavy atom. The minimum atomic E-state index is -0.546. The van der Waals surface area contributed by atoms with Crippen LogP contribution in [-0.4, -0.2) is 37.8 Å².